The lowest BCUT2D eigenvalue weighted by molar-refractivity contribution is 0.00578. The number of rotatable bonds is 4. The Bertz CT molecular complexity index is 1070. The summed E-state index contributed by atoms with van der Waals surface area (Å²) in [7, 11) is -0.361. The van der Waals surface area contributed by atoms with Crippen molar-refractivity contribution in [2.45, 2.75) is 52.2 Å². The summed E-state index contributed by atoms with van der Waals surface area (Å²) in [5.41, 5.74) is 3.63. The van der Waals surface area contributed by atoms with Crippen molar-refractivity contribution >= 4 is 40.1 Å². The summed E-state index contributed by atoms with van der Waals surface area (Å²) in [6.07, 6.45) is 5.22. The summed E-state index contributed by atoms with van der Waals surface area (Å²) >= 11 is 0. The molecule has 0 saturated carbocycles. The van der Waals surface area contributed by atoms with Crippen molar-refractivity contribution in [3.8, 4) is 0 Å². The Morgan fingerprint density at radius 2 is 1.64 bits per heavy atom. The van der Waals surface area contributed by atoms with E-state index in [0.29, 0.717) is 0 Å². The highest BCUT2D eigenvalue weighted by Crippen LogP contribution is 2.37. The molecule has 4 heteroatoms. The number of hydrogen-bond donors (Lipinski definition) is 0. The first-order valence-electron chi connectivity index (χ1n) is 10.00. The van der Waals surface area contributed by atoms with Crippen LogP contribution in [0.4, 0.5) is 0 Å². The highest BCUT2D eigenvalue weighted by Gasteiger charge is 2.51. The Morgan fingerprint density at radius 1 is 1.00 bits per heavy atom. The largest absolute Gasteiger partial charge is 0.494 e. The van der Waals surface area contributed by atoms with Gasteiger partial charge in [0.15, 0.2) is 0 Å². The normalized spacial score (nSPS) is 18.5. The molecule has 28 heavy (non-hydrogen) atoms. The number of para-hydroxylation sites is 1. The first kappa shape index (κ1) is 19.0. The third-order valence-corrected chi connectivity index (χ3v) is 6.06. The Balaban J connectivity index is 1.86. The number of hydrogen-bond acceptors (Lipinski definition) is 2. The van der Waals surface area contributed by atoms with Crippen LogP contribution in [0, 0.1) is 0 Å². The third-order valence-electron chi connectivity index (χ3n) is 6.06. The van der Waals surface area contributed by atoms with E-state index in [0.717, 1.165) is 28.6 Å². The lowest BCUT2D eigenvalue weighted by Crippen LogP contribution is -2.41. The molecule has 0 unspecified atom stereocenters. The van der Waals surface area contributed by atoms with Gasteiger partial charge in [0.25, 0.3) is 0 Å². The Hall–Kier alpha value is -2.30. The van der Waals surface area contributed by atoms with Crippen LogP contribution in [-0.4, -0.2) is 22.9 Å². The van der Waals surface area contributed by atoms with Crippen LogP contribution >= 0.6 is 0 Å². The second-order valence-corrected chi connectivity index (χ2v) is 8.52. The molecule has 0 spiro atoms. The van der Waals surface area contributed by atoms with Gasteiger partial charge in [0.1, 0.15) is 0 Å². The Kier molecular flexibility index (Phi) is 4.52. The molecule has 1 fully saturated rings. The fourth-order valence-electron chi connectivity index (χ4n) is 3.75. The zero-order valence-corrected chi connectivity index (χ0v) is 17.5. The van der Waals surface area contributed by atoms with Crippen molar-refractivity contribution in [2.24, 2.45) is 0 Å². The molecule has 0 aliphatic carbocycles. The molecule has 0 atom stereocenters. The molecule has 3 nitrogen and oxygen atoms in total. The van der Waals surface area contributed by atoms with E-state index in [1.54, 1.807) is 0 Å². The quantitative estimate of drug-likeness (QED) is 0.443. The molecule has 144 valence electrons. The van der Waals surface area contributed by atoms with Crippen LogP contribution in [0.3, 0.4) is 0 Å². The molecular weight excluding hydrogens is 345 g/mol. The van der Waals surface area contributed by atoms with Gasteiger partial charge in [0.2, 0.25) is 0 Å². The van der Waals surface area contributed by atoms with Crippen LogP contribution in [0.5, 0.6) is 0 Å². The minimum Gasteiger partial charge on any atom is -0.399 e. The predicted octanol–water partition coefficient (Wildman–Crippen LogP) is 5.53. The van der Waals surface area contributed by atoms with Gasteiger partial charge in [-0.1, -0.05) is 49.9 Å². The third kappa shape index (κ3) is 2.92. The Labute approximate surface area is 167 Å². The van der Waals surface area contributed by atoms with E-state index in [1.807, 2.05) is 0 Å². The van der Waals surface area contributed by atoms with Crippen molar-refractivity contribution in [1.29, 1.82) is 0 Å². The molecule has 2 aromatic carbocycles. The van der Waals surface area contributed by atoms with Crippen LogP contribution in [0.15, 0.2) is 61.2 Å². The van der Waals surface area contributed by atoms with Gasteiger partial charge in [-0.15, -0.1) is 0 Å². The average Bonchev–Trinajstić information content (AvgIpc) is 3.09. The molecular formula is C24H28BNO2. The number of aromatic nitrogens is 1. The van der Waals surface area contributed by atoms with E-state index < -0.39 is 0 Å². The lowest BCUT2D eigenvalue weighted by atomic mass is 9.78. The summed E-state index contributed by atoms with van der Waals surface area (Å²) < 4.78 is 14.7. The number of nitrogens with zero attached hydrogens (tertiary/aromatic N) is 1. The van der Waals surface area contributed by atoms with Crippen molar-refractivity contribution in [3.63, 3.8) is 0 Å². The molecule has 0 bridgehead atoms. The van der Waals surface area contributed by atoms with E-state index in [4.69, 9.17) is 9.31 Å². The van der Waals surface area contributed by atoms with E-state index in [9.17, 15) is 0 Å². The van der Waals surface area contributed by atoms with Gasteiger partial charge in [0, 0.05) is 16.5 Å². The molecule has 0 N–H and O–H groups in total. The smallest absolute Gasteiger partial charge is 0.399 e. The maximum atomic E-state index is 6.26. The molecule has 1 saturated heterocycles. The highest BCUT2D eigenvalue weighted by molar-refractivity contribution is 6.62. The maximum Gasteiger partial charge on any atom is 0.494 e. The number of allylic oxidation sites excluding steroid dienone is 3. The fourth-order valence-corrected chi connectivity index (χ4v) is 3.75. The molecule has 0 radical (unpaired) electrons. The zero-order valence-electron chi connectivity index (χ0n) is 17.5. The topological polar surface area (TPSA) is 23.4 Å². The first-order valence-corrected chi connectivity index (χ1v) is 10.00. The summed E-state index contributed by atoms with van der Waals surface area (Å²) in [5.74, 6) is 0. The maximum absolute atomic E-state index is 6.26. The van der Waals surface area contributed by atoms with Crippen molar-refractivity contribution < 1.29 is 9.31 Å². The first-order chi connectivity index (χ1) is 13.2. The lowest BCUT2D eigenvalue weighted by Gasteiger charge is -2.32. The van der Waals surface area contributed by atoms with Gasteiger partial charge in [-0.05, 0) is 57.8 Å². The van der Waals surface area contributed by atoms with Gasteiger partial charge in [-0.25, -0.2) is 0 Å². The zero-order chi connectivity index (χ0) is 20.1. The minimum atomic E-state index is -0.361. The molecule has 0 amide bonds. The van der Waals surface area contributed by atoms with Crippen LogP contribution < -0.4 is 5.46 Å². The van der Waals surface area contributed by atoms with E-state index in [-0.39, 0.29) is 18.3 Å². The second-order valence-electron chi connectivity index (χ2n) is 8.52. The summed E-state index contributed by atoms with van der Waals surface area (Å²) in [6.45, 7) is 14.8. The molecule has 3 aromatic rings. The summed E-state index contributed by atoms with van der Waals surface area (Å²) in [5, 5.41) is 2.40. The van der Waals surface area contributed by atoms with Crippen molar-refractivity contribution in [2.75, 3.05) is 0 Å². The van der Waals surface area contributed by atoms with Gasteiger partial charge < -0.3 is 13.9 Å². The number of benzene rings is 2. The van der Waals surface area contributed by atoms with E-state index >= 15 is 0 Å². The monoisotopic (exact) mass is 373 g/mol. The molecule has 1 aliphatic heterocycles. The summed E-state index contributed by atoms with van der Waals surface area (Å²) in [4.78, 5) is 0. The molecule has 4 rings (SSSR count). The predicted molar refractivity (Wildman–Crippen MR) is 120 cm³/mol. The van der Waals surface area contributed by atoms with Crippen molar-refractivity contribution in [1.82, 2.24) is 4.57 Å². The fraction of sp³-hybridized carbons (Fsp3) is 0.333. The van der Waals surface area contributed by atoms with Crippen LogP contribution in [-0.2, 0) is 9.31 Å². The van der Waals surface area contributed by atoms with Crippen LogP contribution in [0.1, 0.15) is 41.0 Å². The highest BCUT2D eigenvalue weighted by atomic mass is 16.7. The standard InChI is InChI=1S/C24H28BNO2/c1-7-8-11-17(2)26-21-13-10-9-12-19(21)20-16-18(14-15-22(20)26)25-27-23(3,4)24(5,6)28-25/h8-16H,2,7H2,1,3-6H3/b11-8-. The van der Waals surface area contributed by atoms with Crippen molar-refractivity contribution in [3.05, 3.63) is 61.2 Å². The molecule has 2 heterocycles. The minimum absolute atomic E-state index is 0.347. The van der Waals surface area contributed by atoms with Crippen LogP contribution in [0.25, 0.3) is 27.5 Å². The van der Waals surface area contributed by atoms with Crippen LogP contribution in [0.2, 0.25) is 0 Å². The van der Waals surface area contributed by atoms with Gasteiger partial charge >= 0.3 is 7.12 Å². The van der Waals surface area contributed by atoms with E-state index in [1.165, 1.54) is 10.8 Å². The summed E-state index contributed by atoms with van der Waals surface area (Å²) in [6, 6.07) is 14.9. The van der Waals surface area contributed by atoms with Gasteiger partial charge in [-0.3, -0.25) is 0 Å². The SMILES string of the molecule is C=C(/C=C\CC)n1c2ccccc2c2cc(B3OC(C)(C)C(C)(C)O3)ccc21. The van der Waals surface area contributed by atoms with E-state index in [2.05, 4.69) is 100 Å². The Morgan fingerprint density at radius 3 is 2.32 bits per heavy atom. The molecule has 1 aromatic heterocycles. The second kappa shape index (κ2) is 6.65. The molecule has 1 aliphatic rings. The number of fused-ring (bicyclic) bond motifs is 3. The van der Waals surface area contributed by atoms with Gasteiger partial charge in [-0.2, -0.15) is 0 Å². The average molecular weight is 373 g/mol. The van der Waals surface area contributed by atoms with Gasteiger partial charge in [0.05, 0.1) is 22.2 Å².